The van der Waals surface area contributed by atoms with Crippen LogP contribution in [-0.2, 0) is 20.9 Å². The van der Waals surface area contributed by atoms with Crippen LogP contribution in [0.25, 0.3) is 0 Å². The van der Waals surface area contributed by atoms with Gasteiger partial charge >= 0.3 is 23.9 Å². The summed E-state index contributed by atoms with van der Waals surface area (Å²) in [6.45, 7) is -0.623. The van der Waals surface area contributed by atoms with Crippen molar-refractivity contribution in [2.24, 2.45) is 0 Å². The zero-order valence-corrected chi connectivity index (χ0v) is 13.9. The van der Waals surface area contributed by atoms with E-state index in [9.17, 15) is 24.0 Å². The van der Waals surface area contributed by atoms with Crippen molar-refractivity contribution in [2.45, 2.75) is 38.3 Å². The van der Waals surface area contributed by atoms with Crippen molar-refractivity contribution >= 4 is 29.8 Å². The summed E-state index contributed by atoms with van der Waals surface area (Å²) in [5, 5.41) is 4.40. The first-order valence-electron chi connectivity index (χ1n) is 8.26. The molecule has 0 atom stereocenters. The van der Waals surface area contributed by atoms with Crippen LogP contribution in [0.3, 0.4) is 0 Å². The largest absolute Gasteiger partial charge is 0.467 e. The van der Waals surface area contributed by atoms with Crippen LogP contribution >= 0.6 is 0 Å². The average molecular weight is 362 g/mol. The van der Waals surface area contributed by atoms with Gasteiger partial charge in [0.1, 0.15) is 12.3 Å². The van der Waals surface area contributed by atoms with Gasteiger partial charge in [-0.25, -0.2) is 14.5 Å². The molecule has 3 rings (SSSR count). The molecule has 1 aromatic heterocycles. The second kappa shape index (κ2) is 7.38. The molecule has 7 amide bonds. The summed E-state index contributed by atoms with van der Waals surface area (Å²) in [5.74, 6) is -2.34. The Bertz CT molecular complexity index is 738. The van der Waals surface area contributed by atoms with Crippen LogP contribution in [0, 0.1) is 0 Å². The van der Waals surface area contributed by atoms with Crippen molar-refractivity contribution in [3.63, 3.8) is 0 Å². The Labute approximate surface area is 148 Å². The molecule has 138 valence electrons. The normalized spacial score (nSPS) is 17.9. The van der Waals surface area contributed by atoms with Crippen molar-refractivity contribution in [2.75, 3.05) is 6.54 Å². The first-order valence-corrected chi connectivity index (χ1v) is 8.26. The molecular weight excluding hydrogens is 344 g/mol. The highest BCUT2D eigenvalue weighted by Gasteiger charge is 2.48. The molecule has 2 aliphatic rings. The maximum atomic E-state index is 12.3. The highest BCUT2D eigenvalue weighted by Crippen LogP contribution is 2.27. The van der Waals surface area contributed by atoms with E-state index < -0.39 is 36.3 Å². The molecule has 1 aromatic rings. The number of carbonyl (C=O) groups is 5. The van der Waals surface area contributed by atoms with Gasteiger partial charge in [-0.1, -0.05) is 12.8 Å². The van der Waals surface area contributed by atoms with E-state index in [0.717, 1.165) is 17.7 Å². The molecule has 0 radical (unpaired) electrons. The average Bonchev–Trinajstić information content (AvgIpc) is 3.33. The Morgan fingerprint density at radius 3 is 2.54 bits per heavy atom. The van der Waals surface area contributed by atoms with E-state index in [1.165, 1.54) is 6.26 Å². The van der Waals surface area contributed by atoms with Crippen molar-refractivity contribution < 1.29 is 28.4 Å². The molecular formula is C16H18N4O6. The standard InChI is InChI=1S/C16H18N4O6/c21-12(18-15(24)17-8-11-6-3-7-26-11)9-19-13(22)14(23)20(16(19)25)10-4-1-2-5-10/h3,6-7,10H,1-2,4-5,8-9H2,(H2,17,18,21,24). The van der Waals surface area contributed by atoms with Crippen LogP contribution in [0.5, 0.6) is 0 Å². The van der Waals surface area contributed by atoms with E-state index in [4.69, 9.17) is 4.42 Å². The minimum absolute atomic E-state index is 0.0711. The fraction of sp³-hybridized carbons (Fsp3) is 0.438. The lowest BCUT2D eigenvalue weighted by Gasteiger charge is -2.20. The van der Waals surface area contributed by atoms with Crippen molar-refractivity contribution in [1.82, 2.24) is 20.4 Å². The van der Waals surface area contributed by atoms with Crippen molar-refractivity contribution in [3.05, 3.63) is 24.2 Å². The summed E-state index contributed by atoms with van der Waals surface area (Å²) in [7, 11) is 0. The first-order chi connectivity index (χ1) is 12.5. The molecule has 1 aliphatic carbocycles. The third kappa shape index (κ3) is 3.58. The van der Waals surface area contributed by atoms with Gasteiger partial charge in [0, 0.05) is 6.04 Å². The Morgan fingerprint density at radius 2 is 1.88 bits per heavy atom. The molecule has 1 saturated heterocycles. The molecule has 0 bridgehead atoms. The van der Waals surface area contributed by atoms with Crippen LogP contribution in [0.1, 0.15) is 31.4 Å². The number of nitrogens with zero attached hydrogens (tertiary/aromatic N) is 2. The number of carbonyl (C=O) groups excluding carboxylic acids is 5. The molecule has 10 nitrogen and oxygen atoms in total. The van der Waals surface area contributed by atoms with E-state index in [1.54, 1.807) is 12.1 Å². The molecule has 2 N–H and O–H groups in total. The summed E-state index contributed by atoms with van der Waals surface area (Å²) in [6.07, 6.45) is 4.51. The summed E-state index contributed by atoms with van der Waals surface area (Å²) >= 11 is 0. The van der Waals surface area contributed by atoms with E-state index >= 15 is 0 Å². The molecule has 2 heterocycles. The summed E-state index contributed by atoms with van der Waals surface area (Å²) in [5.41, 5.74) is 0. The maximum absolute atomic E-state index is 12.3. The number of rotatable bonds is 5. The smallest absolute Gasteiger partial charge is 0.334 e. The summed E-state index contributed by atoms with van der Waals surface area (Å²) in [4.78, 5) is 61.5. The minimum atomic E-state index is -1.05. The van der Waals surface area contributed by atoms with Crippen LogP contribution in [0.2, 0.25) is 0 Å². The van der Waals surface area contributed by atoms with Crippen LogP contribution in [-0.4, -0.2) is 52.2 Å². The highest BCUT2D eigenvalue weighted by atomic mass is 16.3. The van der Waals surface area contributed by atoms with Crippen molar-refractivity contribution in [3.8, 4) is 0 Å². The van der Waals surface area contributed by atoms with Gasteiger partial charge < -0.3 is 9.73 Å². The topological polar surface area (TPSA) is 129 Å². The van der Waals surface area contributed by atoms with Gasteiger partial charge in [-0.05, 0) is 25.0 Å². The fourth-order valence-corrected chi connectivity index (χ4v) is 3.08. The van der Waals surface area contributed by atoms with E-state index in [2.05, 4.69) is 5.32 Å². The number of nitrogens with one attached hydrogen (secondary N) is 2. The maximum Gasteiger partial charge on any atom is 0.334 e. The SMILES string of the molecule is O=C(CN1C(=O)C(=O)N(C2CCCC2)C1=O)NC(=O)NCc1ccco1. The van der Waals surface area contributed by atoms with Gasteiger partial charge in [0.05, 0.1) is 12.8 Å². The van der Waals surface area contributed by atoms with Gasteiger partial charge in [-0.3, -0.25) is 24.6 Å². The van der Waals surface area contributed by atoms with Gasteiger partial charge in [0.25, 0.3) is 0 Å². The zero-order valence-electron chi connectivity index (χ0n) is 13.9. The monoisotopic (exact) mass is 362 g/mol. The molecule has 0 aromatic carbocycles. The fourth-order valence-electron chi connectivity index (χ4n) is 3.08. The lowest BCUT2D eigenvalue weighted by molar-refractivity contribution is -0.144. The Morgan fingerprint density at radius 1 is 1.15 bits per heavy atom. The Hall–Kier alpha value is -3.17. The predicted octanol–water partition coefficient (Wildman–Crippen LogP) is 0.339. The highest BCUT2D eigenvalue weighted by molar-refractivity contribution is 6.45. The molecule has 0 spiro atoms. The first kappa shape index (κ1) is 17.6. The van der Waals surface area contributed by atoms with Crippen LogP contribution in [0.15, 0.2) is 22.8 Å². The Balaban J connectivity index is 1.53. The van der Waals surface area contributed by atoms with Crippen LogP contribution < -0.4 is 10.6 Å². The quantitative estimate of drug-likeness (QED) is 0.574. The van der Waals surface area contributed by atoms with Gasteiger partial charge in [0.2, 0.25) is 5.91 Å². The predicted molar refractivity (Wildman–Crippen MR) is 85.3 cm³/mol. The molecule has 26 heavy (non-hydrogen) atoms. The third-order valence-electron chi connectivity index (χ3n) is 4.33. The Kier molecular flexibility index (Phi) is 5.01. The van der Waals surface area contributed by atoms with Gasteiger partial charge in [-0.15, -0.1) is 0 Å². The number of amides is 7. The van der Waals surface area contributed by atoms with Crippen LogP contribution in [0.4, 0.5) is 9.59 Å². The number of hydrogen-bond donors (Lipinski definition) is 2. The number of hydrogen-bond acceptors (Lipinski definition) is 6. The summed E-state index contributed by atoms with van der Waals surface area (Å²) < 4.78 is 5.03. The lowest BCUT2D eigenvalue weighted by atomic mass is 10.2. The molecule has 10 heteroatoms. The van der Waals surface area contributed by atoms with E-state index in [-0.39, 0.29) is 12.6 Å². The molecule has 1 aliphatic heterocycles. The second-order valence-electron chi connectivity index (χ2n) is 6.10. The summed E-state index contributed by atoms with van der Waals surface area (Å²) in [6, 6.07) is 1.39. The van der Waals surface area contributed by atoms with E-state index in [1.807, 2.05) is 5.32 Å². The van der Waals surface area contributed by atoms with E-state index in [0.29, 0.717) is 23.5 Å². The number of furan rings is 1. The number of urea groups is 2. The minimum Gasteiger partial charge on any atom is -0.467 e. The number of imide groups is 3. The van der Waals surface area contributed by atoms with Gasteiger partial charge in [-0.2, -0.15) is 0 Å². The molecule has 0 unspecified atom stereocenters. The molecule has 1 saturated carbocycles. The van der Waals surface area contributed by atoms with Gasteiger partial charge in [0.15, 0.2) is 0 Å². The zero-order chi connectivity index (χ0) is 18.7. The third-order valence-corrected chi connectivity index (χ3v) is 4.33. The molecule has 2 fully saturated rings. The lowest BCUT2D eigenvalue weighted by Crippen LogP contribution is -2.46. The van der Waals surface area contributed by atoms with Crippen molar-refractivity contribution in [1.29, 1.82) is 0 Å². The second-order valence-corrected chi connectivity index (χ2v) is 6.10.